The van der Waals surface area contributed by atoms with E-state index >= 15 is 0 Å². The summed E-state index contributed by atoms with van der Waals surface area (Å²) in [6.45, 7) is 4.30. The quantitative estimate of drug-likeness (QED) is 0.850. The largest absolute Gasteiger partial charge is 0.308 e. The number of aryl methyl sites for hydroxylation is 3. The second-order valence-electron chi connectivity index (χ2n) is 4.18. The molecule has 5 heteroatoms. The number of hydrogen-bond donors (Lipinski definition) is 0. The third-order valence-electron chi connectivity index (χ3n) is 2.66. The molecule has 0 unspecified atom stereocenters. The maximum absolute atomic E-state index is 12.0. The van der Waals surface area contributed by atoms with Crippen LogP contribution in [0.1, 0.15) is 17.0 Å². The normalized spacial score (nSPS) is 10.8. The van der Waals surface area contributed by atoms with E-state index in [0.29, 0.717) is 6.54 Å². The highest BCUT2D eigenvalue weighted by Crippen LogP contribution is 2.10. The molecule has 2 aromatic rings. The van der Waals surface area contributed by atoms with Gasteiger partial charge in [-0.25, -0.2) is 0 Å². The van der Waals surface area contributed by atoms with Gasteiger partial charge in [0.2, 0.25) is 0 Å². The smallest absolute Gasteiger partial charge is 0.253 e. The van der Waals surface area contributed by atoms with Crippen LogP contribution in [0.2, 0.25) is 0 Å². The molecular weight excluding hydrogens is 282 g/mol. The fourth-order valence-electron chi connectivity index (χ4n) is 1.84. The molecule has 4 nitrogen and oxygen atoms in total. The first-order valence-corrected chi connectivity index (χ1v) is 6.13. The van der Waals surface area contributed by atoms with Gasteiger partial charge in [-0.05, 0) is 41.9 Å². The van der Waals surface area contributed by atoms with Crippen LogP contribution in [0.25, 0.3) is 0 Å². The lowest BCUT2D eigenvalue weighted by molar-refractivity contribution is 0.648. The van der Waals surface area contributed by atoms with E-state index in [2.05, 4.69) is 21.0 Å². The summed E-state index contributed by atoms with van der Waals surface area (Å²) in [5.74, 6) is 0. The first-order chi connectivity index (χ1) is 7.97. The van der Waals surface area contributed by atoms with Crippen LogP contribution in [-0.2, 0) is 13.6 Å². The summed E-state index contributed by atoms with van der Waals surface area (Å²) in [6, 6.07) is 3.82. The predicted molar refractivity (Wildman–Crippen MR) is 70.2 cm³/mol. The van der Waals surface area contributed by atoms with Crippen molar-refractivity contribution in [2.45, 2.75) is 20.4 Å². The Hall–Kier alpha value is -1.36. The van der Waals surface area contributed by atoms with E-state index in [-0.39, 0.29) is 5.56 Å². The molecule has 0 spiro atoms. The van der Waals surface area contributed by atoms with Crippen LogP contribution in [-0.4, -0.2) is 14.3 Å². The van der Waals surface area contributed by atoms with Crippen LogP contribution in [0.5, 0.6) is 0 Å². The third kappa shape index (κ3) is 2.49. The SMILES string of the molecule is Cc1cc(Cn2cc(Br)cc(C)c2=O)n(C)n1. The Bertz CT molecular complexity index is 613. The molecule has 2 aromatic heterocycles. The zero-order chi connectivity index (χ0) is 12.6. The molecule has 0 N–H and O–H groups in total. The molecule has 90 valence electrons. The Labute approximate surface area is 108 Å². The van der Waals surface area contributed by atoms with E-state index in [1.807, 2.05) is 33.0 Å². The average Bonchev–Trinajstić information content (AvgIpc) is 2.53. The van der Waals surface area contributed by atoms with Crippen LogP contribution in [0.4, 0.5) is 0 Å². The van der Waals surface area contributed by atoms with Crippen molar-refractivity contribution in [1.82, 2.24) is 14.3 Å². The van der Waals surface area contributed by atoms with E-state index in [1.165, 1.54) is 0 Å². The molecule has 0 saturated heterocycles. The number of aromatic nitrogens is 3. The summed E-state index contributed by atoms with van der Waals surface area (Å²) in [4.78, 5) is 12.0. The van der Waals surface area contributed by atoms with Crippen molar-refractivity contribution in [3.05, 3.63) is 50.1 Å². The van der Waals surface area contributed by atoms with Gasteiger partial charge in [0.1, 0.15) is 0 Å². The first kappa shape index (κ1) is 12.1. The Morgan fingerprint density at radius 3 is 2.65 bits per heavy atom. The second-order valence-corrected chi connectivity index (χ2v) is 5.09. The van der Waals surface area contributed by atoms with E-state index in [4.69, 9.17) is 0 Å². The molecule has 0 bridgehead atoms. The van der Waals surface area contributed by atoms with Gasteiger partial charge in [0.25, 0.3) is 5.56 Å². The van der Waals surface area contributed by atoms with Crippen LogP contribution >= 0.6 is 15.9 Å². The predicted octanol–water partition coefficient (Wildman–Crippen LogP) is 2.01. The van der Waals surface area contributed by atoms with Crippen molar-refractivity contribution in [2.75, 3.05) is 0 Å². The Kier molecular flexibility index (Phi) is 3.19. The Balaban J connectivity index is 2.43. The molecule has 0 aromatic carbocycles. The lowest BCUT2D eigenvalue weighted by Gasteiger charge is -2.07. The number of pyridine rings is 1. The Morgan fingerprint density at radius 1 is 1.35 bits per heavy atom. The summed E-state index contributed by atoms with van der Waals surface area (Å²) in [6.07, 6.45) is 1.80. The fourth-order valence-corrected chi connectivity index (χ4v) is 2.43. The molecule has 0 atom stereocenters. The van der Waals surface area contributed by atoms with Crippen molar-refractivity contribution in [3.63, 3.8) is 0 Å². The van der Waals surface area contributed by atoms with Crippen LogP contribution < -0.4 is 5.56 Å². The summed E-state index contributed by atoms with van der Waals surface area (Å²) in [5, 5.41) is 4.27. The van der Waals surface area contributed by atoms with Gasteiger partial charge in [-0.1, -0.05) is 0 Å². The first-order valence-electron chi connectivity index (χ1n) is 5.33. The summed E-state index contributed by atoms with van der Waals surface area (Å²) >= 11 is 3.40. The van der Waals surface area contributed by atoms with Crippen LogP contribution in [0.15, 0.2) is 27.6 Å². The molecule has 0 fully saturated rings. The molecule has 0 amide bonds. The van der Waals surface area contributed by atoms with Gasteiger partial charge in [-0.3, -0.25) is 9.48 Å². The average molecular weight is 296 g/mol. The van der Waals surface area contributed by atoms with Gasteiger partial charge in [0.15, 0.2) is 0 Å². The molecule has 0 aliphatic carbocycles. The van der Waals surface area contributed by atoms with Crippen molar-refractivity contribution >= 4 is 15.9 Å². The monoisotopic (exact) mass is 295 g/mol. The molecule has 2 rings (SSSR count). The summed E-state index contributed by atoms with van der Waals surface area (Å²) in [7, 11) is 1.89. The van der Waals surface area contributed by atoms with Crippen molar-refractivity contribution in [1.29, 1.82) is 0 Å². The van der Waals surface area contributed by atoms with Crippen LogP contribution in [0.3, 0.4) is 0 Å². The van der Waals surface area contributed by atoms with Gasteiger partial charge in [-0.15, -0.1) is 0 Å². The highest BCUT2D eigenvalue weighted by molar-refractivity contribution is 9.10. The zero-order valence-electron chi connectivity index (χ0n) is 10.1. The lowest BCUT2D eigenvalue weighted by Crippen LogP contribution is -2.23. The van der Waals surface area contributed by atoms with Crippen molar-refractivity contribution < 1.29 is 0 Å². The Morgan fingerprint density at radius 2 is 2.06 bits per heavy atom. The van der Waals surface area contributed by atoms with E-state index in [9.17, 15) is 4.79 Å². The molecular formula is C12H14BrN3O. The van der Waals surface area contributed by atoms with Crippen molar-refractivity contribution in [2.24, 2.45) is 7.05 Å². The number of hydrogen-bond acceptors (Lipinski definition) is 2. The van der Waals surface area contributed by atoms with Crippen LogP contribution in [0, 0.1) is 13.8 Å². The lowest BCUT2D eigenvalue weighted by atomic mass is 10.3. The maximum atomic E-state index is 12.0. The molecule has 0 saturated carbocycles. The number of halogens is 1. The minimum Gasteiger partial charge on any atom is -0.308 e. The van der Waals surface area contributed by atoms with Gasteiger partial charge in [-0.2, -0.15) is 5.10 Å². The highest BCUT2D eigenvalue weighted by Gasteiger charge is 2.06. The maximum Gasteiger partial charge on any atom is 0.253 e. The molecule has 0 aliphatic heterocycles. The molecule has 17 heavy (non-hydrogen) atoms. The van der Waals surface area contributed by atoms with Gasteiger partial charge in [0, 0.05) is 23.3 Å². The number of rotatable bonds is 2. The van der Waals surface area contributed by atoms with Crippen molar-refractivity contribution in [3.8, 4) is 0 Å². The van der Waals surface area contributed by atoms with E-state index < -0.39 is 0 Å². The summed E-state index contributed by atoms with van der Waals surface area (Å²) in [5.41, 5.74) is 2.75. The summed E-state index contributed by atoms with van der Waals surface area (Å²) < 4.78 is 4.40. The van der Waals surface area contributed by atoms with Gasteiger partial charge in [0.05, 0.1) is 17.9 Å². The zero-order valence-corrected chi connectivity index (χ0v) is 11.7. The standard InChI is InChI=1S/C12H14BrN3O/c1-8-4-10(13)6-16(12(8)17)7-11-5-9(2)14-15(11)3/h4-6H,7H2,1-3H3. The molecule has 0 radical (unpaired) electrons. The fraction of sp³-hybridized carbons (Fsp3) is 0.333. The topological polar surface area (TPSA) is 39.8 Å². The minimum atomic E-state index is 0.0343. The molecule has 0 aliphatic rings. The third-order valence-corrected chi connectivity index (χ3v) is 3.10. The highest BCUT2D eigenvalue weighted by atomic mass is 79.9. The van der Waals surface area contributed by atoms with E-state index in [1.54, 1.807) is 15.4 Å². The molecule has 2 heterocycles. The number of nitrogens with zero attached hydrogens (tertiary/aromatic N) is 3. The van der Waals surface area contributed by atoms with E-state index in [0.717, 1.165) is 21.4 Å². The minimum absolute atomic E-state index is 0.0343. The van der Waals surface area contributed by atoms with Gasteiger partial charge < -0.3 is 4.57 Å². The second kappa shape index (κ2) is 4.49. The van der Waals surface area contributed by atoms with Gasteiger partial charge >= 0.3 is 0 Å².